The monoisotopic (exact) mass is 318 g/mol. The molecular formula is C20H18N2O2. The van der Waals surface area contributed by atoms with Gasteiger partial charge >= 0.3 is 0 Å². The summed E-state index contributed by atoms with van der Waals surface area (Å²) in [5.74, 6) is 0.599. The van der Waals surface area contributed by atoms with Crippen LogP contribution >= 0.6 is 0 Å². The molecule has 0 atom stereocenters. The number of amides is 1. The van der Waals surface area contributed by atoms with Gasteiger partial charge in [0.15, 0.2) is 0 Å². The van der Waals surface area contributed by atoms with Gasteiger partial charge in [-0.3, -0.25) is 4.79 Å². The molecular weight excluding hydrogens is 300 g/mol. The Morgan fingerprint density at radius 3 is 2.33 bits per heavy atom. The minimum absolute atomic E-state index is 0.148. The third-order valence-electron chi connectivity index (χ3n) is 3.54. The SMILES string of the molecule is COc1ccccc1Nc1cccc(C(=O)Nc2ccccc2)c1. The zero-order valence-electron chi connectivity index (χ0n) is 13.3. The van der Waals surface area contributed by atoms with Crippen molar-refractivity contribution in [3.63, 3.8) is 0 Å². The molecule has 0 fully saturated rings. The van der Waals surface area contributed by atoms with Crippen molar-refractivity contribution in [2.24, 2.45) is 0 Å². The summed E-state index contributed by atoms with van der Waals surface area (Å²) in [5.41, 5.74) is 3.02. The van der Waals surface area contributed by atoms with Crippen LogP contribution in [0.4, 0.5) is 17.1 Å². The number of rotatable bonds is 5. The summed E-state index contributed by atoms with van der Waals surface area (Å²) in [6.45, 7) is 0. The van der Waals surface area contributed by atoms with Crippen LogP contribution in [0, 0.1) is 0 Å². The van der Waals surface area contributed by atoms with Crippen LogP contribution in [-0.4, -0.2) is 13.0 Å². The van der Waals surface area contributed by atoms with Crippen molar-refractivity contribution < 1.29 is 9.53 Å². The summed E-state index contributed by atoms with van der Waals surface area (Å²) < 4.78 is 5.33. The highest BCUT2D eigenvalue weighted by Crippen LogP contribution is 2.27. The first-order valence-electron chi connectivity index (χ1n) is 7.63. The van der Waals surface area contributed by atoms with Crippen molar-refractivity contribution >= 4 is 23.0 Å². The average Bonchev–Trinajstić information content (AvgIpc) is 2.63. The van der Waals surface area contributed by atoms with Crippen LogP contribution in [0.25, 0.3) is 0 Å². The van der Waals surface area contributed by atoms with Gasteiger partial charge in [-0.15, -0.1) is 0 Å². The fourth-order valence-electron chi connectivity index (χ4n) is 2.37. The van der Waals surface area contributed by atoms with E-state index in [1.54, 1.807) is 13.2 Å². The van der Waals surface area contributed by atoms with Crippen molar-refractivity contribution in [2.75, 3.05) is 17.7 Å². The molecule has 120 valence electrons. The topological polar surface area (TPSA) is 50.4 Å². The first-order valence-corrected chi connectivity index (χ1v) is 7.63. The van der Waals surface area contributed by atoms with Crippen LogP contribution in [0.3, 0.4) is 0 Å². The maximum atomic E-state index is 12.4. The Kier molecular flexibility index (Phi) is 4.77. The molecule has 0 heterocycles. The van der Waals surface area contributed by atoms with Crippen LogP contribution in [-0.2, 0) is 0 Å². The van der Waals surface area contributed by atoms with Crippen LogP contribution in [0.15, 0.2) is 78.9 Å². The number of anilines is 3. The number of hydrogen-bond donors (Lipinski definition) is 2. The highest BCUT2D eigenvalue weighted by Gasteiger charge is 2.08. The molecule has 4 nitrogen and oxygen atoms in total. The molecule has 0 radical (unpaired) electrons. The molecule has 3 aromatic carbocycles. The van der Waals surface area contributed by atoms with Gasteiger partial charge in [-0.1, -0.05) is 36.4 Å². The number of nitrogens with one attached hydrogen (secondary N) is 2. The molecule has 0 aromatic heterocycles. The van der Waals surface area contributed by atoms with E-state index in [4.69, 9.17) is 4.74 Å². The molecule has 2 N–H and O–H groups in total. The maximum Gasteiger partial charge on any atom is 0.255 e. The lowest BCUT2D eigenvalue weighted by atomic mass is 10.1. The van der Waals surface area contributed by atoms with Gasteiger partial charge in [0, 0.05) is 16.9 Å². The van der Waals surface area contributed by atoms with Crippen LogP contribution < -0.4 is 15.4 Å². The number of carbonyl (C=O) groups is 1. The molecule has 0 bridgehead atoms. The van der Waals surface area contributed by atoms with E-state index in [9.17, 15) is 4.79 Å². The van der Waals surface area contributed by atoms with Gasteiger partial charge in [0.1, 0.15) is 5.75 Å². The van der Waals surface area contributed by atoms with Gasteiger partial charge in [-0.05, 0) is 42.5 Å². The average molecular weight is 318 g/mol. The Morgan fingerprint density at radius 1 is 0.833 bits per heavy atom. The van der Waals surface area contributed by atoms with E-state index >= 15 is 0 Å². The van der Waals surface area contributed by atoms with E-state index in [-0.39, 0.29) is 5.91 Å². The molecule has 0 aliphatic rings. The Bertz CT molecular complexity index is 832. The lowest BCUT2D eigenvalue weighted by Crippen LogP contribution is -2.11. The third kappa shape index (κ3) is 3.73. The molecule has 3 rings (SSSR count). The second-order valence-corrected chi connectivity index (χ2v) is 5.23. The quantitative estimate of drug-likeness (QED) is 0.717. The zero-order valence-corrected chi connectivity index (χ0v) is 13.3. The number of benzene rings is 3. The summed E-state index contributed by atoms with van der Waals surface area (Å²) in [6, 6.07) is 24.4. The smallest absolute Gasteiger partial charge is 0.255 e. The van der Waals surface area contributed by atoms with E-state index in [1.807, 2.05) is 72.8 Å². The van der Waals surface area contributed by atoms with E-state index in [0.29, 0.717) is 5.56 Å². The van der Waals surface area contributed by atoms with E-state index in [1.165, 1.54) is 0 Å². The molecule has 0 aliphatic heterocycles. The van der Waals surface area contributed by atoms with Crippen molar-refractivity contribution in [3.05, 3.63) is 84.4 Å². The lowest BCUT2D eigenvalue weighted by Gasteiger charge is -2.12. The minimum atomic E-state index is -0.148. The summed E-state index contributed by atoms with van der Waals surface area (Å²) in [5, 5.41) is 6.16. The highest BCUT2D eigenvalue weighted by molar-refractivity contribution is 6.04. The molecule has 0 spiro atoms. The normalized spacial score (nSPS) is 10.0. The second-order valence-electron chi connectivity index (χ2n) is 5.23. The van der Waals surface area contributed by atoms with Gasteiger partial charge in [0.2, 0.25) is 0 Å². The Hall–Kier alpha value is -3.27. The van der Waals surface area contributed by atoms with Crippen molar-refractivity contribution in [1.29, 1.82) is 0 Å². The van der Waals surface area contributed by atoms with Crippen LogP contribution in [0.2, 0.25) is 0 Å². The number of methoxy groups -OCH3 is 1. The number of carbonyl (C=O) groups excluding carboxylic acids is 1. The Morgan fingerprint density at radius 2 is 1.54 bits per heavy atom. The fourth-order valence-corrected chi connectivity index (χ4v) is 2.37. The van der Waals surface area contributed by atoms with Crippen molar-refractivity contribution in [2.45, 2.75) is 0 Å². The van der Waals surface area contributed by atoms with Gasteiger partial charge < -0.3 is 15.4 Å². The molecule has 0 saturated heterocycles. The van der Waals surface area contributed by atoms with E-state index < -0.39 is 0 Å². The molecule has 0 aliphatic carbocycles. The van der Waals surface area contributed by atoms with E-state index in [2.05, 4.69) is 10.6 Å². The first-order chi connectivity index (χ1) is 11.8. The predicted molar refractivity (Wildman–Crippen MR) is 97.1 cm³/mol. The molecule has 24 heavy (non-hydrogen) atoms. The first kappa shape index (κ1) is 15.6. The number of para-hydroxylation sites is 3. The van der Waals surface area contributed by atoms with Gasteiger partial charge in [-0.2, -0.15) is 0 Å². The van der Waals surface area contributed by atoms with Crippen molar-refractivity contribution in [1.82, 2.24) is 0 Å². The van der Waals surface area contributed by atoms with Crippen LogP contribution in [0.5, 0.6) is 5.75 Å². The summed E-state index contributed by atoms with van der Waals surface area (Å²) in [6.07, 6.45) is 0. The van der Waals surface area contributed by atoms with Crippen LogP contribution in [0.1, 0.15) is 10.4 Å². The predicted octanol–water partition coefficient (Wildman–Crippen LogP) is 4.69. The summed E-state index contributed by atoms with van der Waals surface area (Å²) >= 11 is 0. The van der Waals surface area contributed by atoms with Gasteiger partial charge in [-0.25, -0.2) is 0 Å². The Labute approximate surface area is 141 Å². The number of ether oxygens (including phenoxy) is 1. The van der Waals surface area contributed by atoms with Gasteiger partial charge in [0.25, 0.3) is 5.91 Å². The molecule has 0 unspecified atom stereocenters. The molecule has 0 saturated carbocycles. The molecule has 1 amide bonds. The number of hydrogen-bond acceptors (Lipinski definition) is 3. The summed E-state index contributed by atoms with van der Waals surface area (Å²) in [4.78, 5) is 12.4. The van der Waals surface area contributed by atoms with E-state index in [0.717, 1.165) is 22.8 Å². The summed E-state index contributed by atoms with van der Waals surface area (Å²) in [7, 11) is 1.63. The molecule has 4 heteroatoms. The van der Waals surface area contributed by atoms with Crippen molar-refractivity contribution in [3.8, 4) is 5.75 Å². The molecule has 3 aromatic rings. The Balaban J connectivity index is 1.78. The largest absolute Gasteiger partial charge is 0.495 e. The maximum absolute atomic E-state index is 12.4. The lowest BCUT2D eigenvalue weighted by molar-refractivity contribution is 0.102. The standard InChI is InChI=1S/C20H18N2O2/c1-24-19-13-6-5-12-18(19)21-17-11-7-8-15(14-17)20(23)22-16-9-3-2-4-10-16/h2-14,21H,1H3,(H,22,23). The second kappa shape index (κ2) is 7.33. The fraction of sp³-hybridized carbons (Fsp3) is 0.0500. The zero-order chi connectivity index (χ0) is 16.8. The van der Waals surface area contributed by atoms with Gasteiger partial charge in [0.05, 0.1) is 12.8 Å². The third-order valence-corrected chi connectivity index (χ3v) is 3.54. The highest BCUT2D eigenvalue weighted by atomic mass is 16.5. The minimum Gasteiger partial charge on any atom is -0.495 e.